The van der Waals surface area contributed by atoms with Crippen molar-refractivity contribution >= 4 is 11.6 Å². The summed E-state index contributed by atoms with van der Waals surface area (Å²) in [6.45, 7) is 8.04. The molecule has 2 aliphatic heterocycles. The molecule has 0 unspecified atom stereocenters. The van der Waals surface area contributed by atoms with Gasteiger partial charge in [-0.1, -0.05) is 36.2 Å². The van der Waals surface area contributed by atoms with E-state index in [1.165, 1.54) is 19.3 Å². The Kier molecular flexibility index (Phi) is 7.33. The zero-order chi connectivity index (χ0) is 21.8. The summed E-state index contributed by atoms with van der Waals surface area (Å²) in [6.07, 6.45) is 3.73. The molecule has 0 atom stereocenters. The second-order valence-electron chi connectivity index (χ2n) is 8.83. The molecule has 6 nitrogen and oxygen atoms in total. The molecule has 2 fully saturated rings. The van der Waals surface area contributed by atoms with Crippen molar-refractivity contribution < 1.29 is 5.11 Å². The van der Waals surface area contributed by atoms with Gasteiger partial charge in [0.2, 0.25) is 5.43 Å². The van der Waals surface area contributed by atoms with E-state index in [-0.39, 0.29) is 11.2 Å². The highest BCUT2D eigenvalue weighted by molar-refractivity contribution is 6.31. The maximum atomic E-state index is 12.5. The predicted molar refractivity (Wildman–Crippen MR) is 124 cm³/mol. The van der Waals surface area contributed by atoms with E-state index in [1.807, 2.05) is 29.8 Å². The van der Waals surface area contributed by atoms with Crippen LogP contribution < -0.4 is 5.43 Å². The Bertz CT molecular complexity index is 947. The van der Waals surface area contributed by atoms with Gasteiger partial charge >= 0.3 is 0 Å². The number of hydrogen-bond donors (Lipinski definition) is 1. The second-order valence-corrected chi connectivity index (χ2v) is 9.24. The molecule has 1 N–H and O–H groups in total. The molecule has 0 bridgehead atoms. The zero-order valence-corrected chi connectivity index (χ0v) is 19.2. The van der Waals surface area contributed by atoms with E-state index in [9.17, 15) is 9.90 Å². The summed E-state index contributed by atoms with van der Waals surface area (Å²) in [5.41, 5.74) is 2.59. The van der Waals surface area contributed by atoms with Crippen molar-refractivity contribution in [2.24, 2.45) is 7.05 Å². The van der Waals surface area contributed by atoms with Crippen LogP contribution in [0.25, 0.3) is 0 Å². The molecule has 0 radical (unpaired) electrons. The van der Waals surface area contributed by atoms with E-state index in [1.54, 1.807) is 6.07 Å². The summed E-state index contributed by atoms with van der Waals surface area (Å²) in [4.78, 5) is 19.6. The number of piperidine rings is 1. The average Bonchev–Trinajstić information content (AvgIpc) is 2.78. The zero-order valence-electron chi connectivity index (χ0n) is 18.4. The predicted octanol–water partition coefficient (Wildman–Crippen LogP) is 3.05. The first kappa shape index (κ1) is 22.3. The van der Waals surface area contributed by atoms with E-state index in [2.05, 4.69) is 20.8 Å². The van der Waals surface area contributed by atoms with Gasteiger partial charge < -0.3 is 9.67 Å². The van der Waals surface area contributed by atoms with Crippen LogP contribution in [0.5, 0.6) is 5.75 Å². The topological polar surface area (TPSA) is 52.0 Å². The number of aromatic hydroxyl groups is 1. The third-order valence-corrected chi connectivity index (χ3v) is 7.03. The van der Waals surface area contributed by atoms with Crippen LogP contribution in [0.2, 0.25) is 5.02 Å². The van der Waals surface area contributed by atoms with Gasteiger partial charge in [0.25, 0.3) is 0 Å². The van der Waals surface area contributed by atoms with Crippen LogP contribution >= 0.6 is 11.6 Å². The van der Waals surface area contributed by atoms with E-state index >= 15 is 0 Å². The lowest BCUT2D eigenvalue weighted by molar-refractivity contribution is 0.119. The summed E-state index contributed by atoms with van der Waals surface area (Å²) in [5.74, 6) is -0.108. The maximum Gasteiger partial charge on any atom is 0.223 e. The van der Waals surface area contributed by atoms with Crippen LogP contribution in [0.1, 0.15) is 36.2 Å². The van der Waals surface area contributed by atoms with E-state index < -0.39 is 0 Å². The Hall–Kier alpha value is -1.86. The average molecular weight is 445 g/mol. The fourth-order valence-corrected chi connectivity index (χ4v) is 4.85. The highest BCUT2D eigenvalue weighted by Crippen LogP contribution is 2.21. The van der Waals surface area contributed by atoms with Gasteiger partial charge in [-0.25, -0.2) is 0 Å². The second kappa shape index (κ2) is 10.2. The van der Waals surface area contributed by atoms with Crippen molar-refractivity contribution in [2.45, 2.75) is 38.9 Å². The number of pyridine rings is 1. The molecule has 0 amide bonds. The van der Waals surface area contributed by atoms with Crippen LogP contribution in [0.3, 0.4) is 0 Å². The van der Waals surface area contributed by atoms with Gasteiger partial charge in [0.1, 0.15) is 0 Å². The molecule has 3 heterocycles. The molecular weight excluding hydrogens is 412 g/mol. The van der Waals surface area contributed by atoms with Crippen molar-refractivity contribution in [3.8, 4) is 5.75 Å². The third-order valence-electron chi connectivity index (χ3n) is 6.66. The van der Waals surface area contributed by atoms with Gasteiger partial charge in [-0.3, -0.25) is 19.5 Å². The van der Waals surface area contributed by atoms with Crippen molar-refractivity contribution in [3.63, 3.8) is 0 Å². The molecule has 2 aromatic rings. The number of rotatable bonds is 6. The van der Waals surface area contributed by atoms with Gasteiger partial charge in [-0.15, -0.1) is 0 Å². The number of aromatic nitrogens is 1. The van der Waals surface area contributed by atoms with Crippen molar-refractivity contribution in [1.29, 1.82) is 0 Å². The standard InChI is InChI=1S/C24H33ClN4O2/c1-26-20(17-27-9-5-2-6-10-27)15-23(30)24(31)22(26)18-29-13-11-28(12-14-29)16-19-7-3-4-8-21(19)25/h3-4,7-8,15,31H,2,5-6,9-14,16-18H2,1H3. The van der Waals surface area contributed by atoms with E-state index in [0.717, 1.165) is 74.3 Å². The van der Waals surface area contributed by atoms with E-state index in [0.29, 0.717) is 6.54 Å². The Labute approximate surface area is 189 Å². The monoisotopic (exact) mass is 444 g/mol. The van der Waals surface area contributed by atoms with Crippen molar-refractivity contribution in [3.05, 3.63) is 62.5 Å². The van der Waals surface area contributed by atoms with Crippen LogP contribution in [-0.2, 0) is 26.7 Å². The largest absolute Gasteiger partial charge is 0.503 e. The minimum atomic E-state index is -0.266. The first-order valence-electron chi connectivity index (χ1n) is 11.3. The molecular formula is C24H33ClN4O2. The molecule has 2 saturated heterocycles. The van der Waals surface area contributed by atoms with Crippen LogP contribution in [0, 0.1) is 0 Å². The first-order chi connectivity index (χ1) is 15.0. The molecule has 1 aromatic carbocycles. The SMILES string of the molecule is Cn1c(CN2CCCCC2)cc(=O)c(O)c1CN1CCN(Cc2ccccc2Cl)CC1. The smallest absolute Gasteiger partial charge is 0.223 e. The van der Waals surface area contributed by atoms with Crippen molar-refractivity contribution in [1.82, 2.24) is 19.3 Å². The maximum absolute atomic E-state index is 12.5. The molecule has 7 heteroatoms. The molecule has 0 saturated carbocycles. The summed E-state index contributed by atoms with van der Waals surface area (Å²) in [6, 6.07) is 9.61. The highest BCUT2D eigenvalue weighted by Gasteiger charge is 2.22. The molecule has 0 aliphatic carbocycles. The highest BCUT2D eigenvalue weighted by atomic mass is 35.5. The fourth-order valence-electron chi connectivity index (χ4n) is 4.66. The molecule has 1 aromatic heterocycles. The summed E-state index contributed by atoms with van der Waals surface area (Å²) in [7, 11) is 1.97. The van der Waals surface area contributed by atoms with Gasteiger partial charge in [-0.05, 0) is 37.6 Å². The molecule has 0 spiro atoms. The van der Waals surface area contributed by atoms with Crippen LogP contribution in [0.4, 0.5) is 0 Å². The number of likely N-dealkylation sites (tertiary alicyclic amines) is 1. The fraction of sp³-hybridized carbons (Fsp3) is 0.542. The number of hydrogen-bond acceptors (Lipinski definition) is 5. The minimum absolute atomic E-state index is 0.108. The molecule has 168 valence electrons. The minimum Gasteiger partial charge on any atom is -0.503 e. The number of nitrogens with zero attached hydrogens (tertiary/aromatic N) is 4. The Morgan fingerprint density at radius 2 is 1.48 bits per heavy atom. The van der Waals surface area contributed by atoms with Gasteiger partial charge in [-0.2, -0.15) is 0 Å². The lowest BCUT2D eigenvalue weighted by atomic mass is 10.1. The first-order valence-corrected chi connectivity index (χ1v) is 11.7. The van der Waals surface area contributed by atoms with E-state index in [4.69, 9.17) is 11.6 Å². The summed E-state index contributed by atoms with van der Waals surface area (Å²) >= 11 is 6.31. The number of benzene rings is 1. The number of halogens is 1. The molecule has 31 heavy (non-hydrogen) atoms. The Morgan fingerprint density at radius 3 is 2.16 bits per heavy atom. The van der Waals surface area contributed by atoms with Gasteiger partial charge in [0, 0.05) is 69.6 Å². The van der Waals surface area contributed by atoms with Crippen LogP contribution in [0.15, 0.2) is 35.1 Å². The normalized spacial score (nSPS) is 19.0. The third kappa shape index (κ3) is 5.50. The molecule has 4 rings (SSSR count). The molecule has 2 aliphatic rings. The quantitative estimate of drug-likeness (QED) is 0.742. The lowest BCUT2D eigenvalue weighted by Crippen LogP contribution is -2.45. The van der Waals surface area contributed by atoms with Crippen molar-refractivity contribution in [2.75, 3.05) is 39.3 Å². The Morgan fingerprint density at radius 1 is 0.871 bits per heavy atom. The Balaban J connectivity index is 1.40. The van der Waals surface area contributed by atoms with Gasteiger partial charge in [0.05, 0.1) is 5.69 Å². The summed E-state index contributed by atoms with van der Waals surface area (Å²) < 4.78 is 2.03. The number of piperazine rings is 1. The van der Waals surface area contributed by atoms with Crippen LogP contribution in [-0.4, -0.2) is 63.6 Å². The summed E-state index contributed by atoms with van der Waals surface area (Å²) in [5, 5.41) is 11.3. The van der Waals surface area contributed by atoms with Gasteiger partial charge in [0.15, 0.2) is 5.75 Å². The lowest BCUT2D eigenvalue weighted by Gasteiger charge is -2.35.